The van der Waals surface area contributed by atoms with Gasteiger partial charge in [0.25, 0.3) is 5.91 Å². The van der Waals surface area contributed by atoms with E-state index in [4.69, 9.17) is 17.5 Å². The molecule has 2 fully saturated rings. The van der Waals surface area contributed by atoms with Crippen LogP contribution in [0.3, 0.4) is 0 Å². The quantitative estimate of drug-likeness (QED) is 0.539. The molecule has 7 nitrogen and oxygen atoms in total. The topological polar surface area (TPSA) is 89.3 Å². The minimum absolute atomic E-state index is 0.146. The molecule has 0 spiro atoms. The number of nitriles is 1. The zero-order chi connectivity index (χ0) is 24.1. The van der Waals surface area contributed by atoms with E-state index in [0.717, 1.165) is 17.2 Å². The Morgan fingerprint density at radius 2 is 2.00 bits per heavy atom. The Hall–Kier alpha value is -3.59. The van der Waals surface area contributed by atoms with Crippen LogP contribution in [0.4, 0.5) is 28.9 Å². The number of aromatic nitrogens is 1. The Bertz CT molecular complexity index is 1230. The van der Waals surface area contributed by atoms with Crippen molar-refractivity contribution in [2.75, 3.05) is 16.8 Å². The van der Waals surface area contributed by atoms with Gasteiger partial charge in [0.1, 0.15) is 11.9 Å². The molecule has 2 heterocycles. The van der Waals surface area contributed by atoms with Crippen LogP contribution in [0.5, 0.6) is 0 Å². The number of hydrogen-bond donors (Lipinski definition) is 1. The van der Waals surface area contributed by atoms with E-state index in [1.807, 2.05) is 0 Å². The van der Waals surface area contributed by atoms with Crippen LogP contribution in [0, 0.1) is 23.1 Å². The van der Waals surface area contributed by atoms with Gasteiger partial charge in [-0.25, -0.2) is 9.37 Å². The average molecular weight is 477 g/mol. The predicted octanol–water partition coefficient (Wildman–Crippen LogP) is 3.39. The van der Waals surface area contributed by atoms with Crippen molar-refractivity contribution < 1.29 is 27.2 Å². The number of halogens is 4. The third-order valence-electron chi connectivity index (χ3n) is 5.75. The zero-order valence-corrected chi connectivity index (χ0v) is 17.8. The van der Waals surface area contributed by atoms with E-state index in [1.54, 1.807) is 0 Å². The van der Waals surface area contributed by atoms with Crippen molar-refractivity contribution in [3.8, 4) is 6.07 Å². The van der Waals surface area contributed by atoms with Crippen LogP contribution >= 0.6 is 12.2 Å². The van der Waals surface area contributed by atoms with Crippen LogP contribution in [-0.4, -0.2) is 35.0 Å². The Kier molecular flexibility index (Phi) is 5.53. The number of anilines is 2. The van der Waals surface area contributed by atoms with Gasteiger partial charge in [-0.1, -0.05) is 0 Å². The summed E-state index contributed by atoms with van der Waals surface area (Å²) in [6.45, 7) is 0. The average Bonchev–Trinajstić information content (AvgIpc) is 2.74. The van der Waals surface area contributed by atoms with Gasteiger partial charge in [-0.3, -0.25) is 14.5 Å². The summed E-state index contributed by atoms with van der Waals surface area (Å²) in [6, 6.07) is 5.48. The minimum atomic E-state index is -4.87. The van der Waals surface area contributed by atoms with Gasteiger partial charge < -0.3 is 10.2 Å². The maximum Gasteiger partial charge on any atom is 0.419 e. The van der Waals surface area contributed by atoms with Crippen LogP contribution in [0.1, 0.15) is 34.5 Å². The van der Waals surface area contributed by atoms with Crippen LogP contribution in [-0.2, 0) is 11.0 Å². The second-order valence-electron chi connectivity index (χ2n) is 7.52. The summed E-state index contributed by atoms with van der Waals surface area (Å²) >= 11 is 5.46. The van der Waals surface area contributed by atoms with Gasteiger partial charge in [-0.15, -0.1) is 0 Å². The van der Waals surface area contributed by atoms with E-state index in [-0.39, 0.29) is 28.1 Å². The van der Waals surface area contributed by atoms with Crippen molar-refractivity contribution in [1.82, 2.24) is 10.3 Å². The molecule has 170 valence electrons. The number of hydrogen-bond acceptors (Lipinski definition) is 5. The molecule has 1 N–H and O–H groups in total. The van der Waals surface area contributed by atoms with E-state index in [0.29, 0.717) is 18.9 Å². The number of fused-ring (bicyclic) bond motifs is 1. The lowest BCUT2D eigenvalue weighted by molar-refractivity contribution is -0.138. The number of nitrogens with zero attached hydrogens (tertiary/aromatic N) is 4. The van der Waals surface area contributed by atoms with Gasteiger partial charge >= 0.3 is 6.18 Å². The lowest BCUT2D eigenvalue weighted by atomic mass is 9.76. The van der Waals surface area contributed by atoms with Crippen LogP contribution in [0.2, 0.25) is 0 Å². The van der Waals surface area contributed by atoms with Crippen LogP contribution in [0.25, 0.3) is 0 Å². The molecule has 0 radical (unpaired) electrons. The van der Waals surface area contributed by atoms with Crippen molar-refractivity contribution in [3.63, 3.8) is 0 Å². The fourth-order valence-corrected chi connectivity index (χ4v) is 4.42. The Labute approximate surface area is 190 Å². The molecule has 1 aromatic heterocycles. The smallest absolute Gasteiger partial charge is 0.355 e. The first kappa shape index (κ1) is 22.6. The molecule has 33 heavy (non-hydrogen) atoms. The number of benzene rings is 1. The molecule has 1 saturated carbocycles. The Morgan fingerprint density at radius 1 is 1.27 bits per heavy atom. The molecule has 1 aromatic carbocycles. The summed E-state index contributed by atoms with van der Waals surface area (Å²) in [7, 11) is 1.36. The van der Waals surface area contributed by atoms with Gasteiger partial charge in [0.2, 0.25) is 5.91 Å². The summed E-state index contributed by atoms with van der Waals surface area (Å²) in [6.07, 6.45) is -2.84. The largest absolute Gasteiger partial charge is 0.419 e. The van der Waals surface area contributed by atoms with Gasteiger partial charge in [0, 0.05) is 18.8 Å². The highest BCUT2D eigenvalue weighted by molar-refractivity contribution is 7.81. The van der Waals surface area contributed by atoms with Gasteiger partial charge in [-0.2, -0.15) is 18.4 Å². The van der Waals surface area contributed by atoms with Crippen LogP contribution < -0.4 is 15.1 Å². The molecule has 4 rings (SSSR count). The summed E-state index contributed by atoms with van der Waals surface area (Å²) in [5.41, 5.74) is -2.29. The highest BCUT2D eigenvalue weighted by Crippen LogP contribution is 2.43. The van der Waals surface area contributed by atoms with Crippen molar-refractivity contribution in [2.24, 2.45) is 5.92 Å². The summed E-state index contributed by atoms with van der Waals surface area (Å²) in [5.74, 6) is -2.49. The SMILES string of the molecule is CNC(=O)c1ccc(N2C(=S)N(c3cnc(C#N)c(C(F)(F)F)c3)C(=O)C3CCC32)cc1F. The summed E-state index contributed by atoms with van der Waals surface area (Å²) < 4.78 is 54.9. The maximum absolute atomic E-state index is 14.6. The minimum Gasteiger partial charge on any atom is -0.355 e. The van der Waals surface area contributed by atoms with Crippen molar-refractivity contribution in [3.05, 3.63) is 53.1 Å². The first-order valence-electron chi connectivity index (χ1n) is 9.74. The standard InChI is InChI=1S/C21H15F4N5O2S/c1-27-18(31)12-3-2-10(7-15(12)22)29-17-5-4-13(17)19(32)30(20(29)33)11-6-14(21(23,24)25)16(8-26)28-9-11/h2-3,6-7,9,13,17H,4-5H2,1H3,(H,27,31). The number of rotatable bonds is 3. The molecule has 1 saturated heterocycles. The van der Waals surface area contributed by atoms with E-state index < -0.39 is 41.0 Å². The molecular weight excluding hydrogens is 462 g/mol. The normalized spacial score (nSPS) is 20.1. The zero-order valence-electron chi connectivity index (χ0n) is 17.0. The third kappa shape index (κ3) is 3.68. The number of amides is 2. The van der Waals surface area contributed by atoms with Gasteiger partial charge in [-0.05, 0) is 49.3 Å². The van der Waals surface area contributed by atoms with E-state index in [9.17, 15) is 27.2 Å². The highest BCUT2D eigenvalue weighted by Gasteiger charge is 2.51. The molecule has 2 aliphatic rings. The number of carbonyl (C=O) groups is 2. The molecule has 1 aliphatic heterocycles. The van der Waals surface area contributed by atoms with Crippen molar-refractivity contribution in [1.29, 1.82) is 5.26 Å². The summed E-state index contributed by atoms with van der Waals surface area (Å²) in [5, 5.41) is 11.2. The fourth-order valence-electron chi connectivity index (χ4n) is 3.98. The number of thiocarbonyl (C=S) groups is 1. The molecular formula is C21H15F4N5O2S. The first-order chi connectivity index (χ1) is 15.6. The van der Waals surface area contributed by atoms with Crippen molar-refractivity contribution >= 4 is 40.5 Å². The Balaban J connectivity index is 1.78. The number of alkyl halides is 3. The summed E-state index contributed by atoms with van der Waals surface area (Å²) in [4.78, 5) is 30.8. The first-order valence-corrected chi connectivity index (χ1v) is 10.2. The van der Waals surface area contributed by atoms with Gasteiger partial charge in [0.05, 0.1) is 28.9 Å². The van der Waals surface area contributed by atoms with E-state index in [2.05, 4.69) is 10.3 Å². The number of pyridine rings is 1. The second kappa shape index (κ2) is 8.08. The monoisotopic (exact) mass is 477 g/mol. The molecule has 0 bridgehead atoms. The van der Waals surface area contributed by atoms with E-state index in [1.165, 1.54) is 30.1 Å². The van der Waals surface area contributed by atoms with Gasteiger partial charge in [0.15, 0.2) is 10.8 Å². The fraction of sp³-hybridized carbons (Fsp3) is 0.286. The number of nitrogens with one attached hydrogen (secondary N) is 1. The third-order valence-corrected chi connectivity index (χ3v) is 6.13. The van der Waals surface area contributed by atoms with Crippen LogP contribution in [0.15, 0.2) is 30.5 Å². The number of carbonyl (C=O) groups excluding carboxylic acids is 2. The van der Waals surface area contributed by atoms with E-state index >= 15 is 0 Å². The second-order valence-corrected chi connectivity index (χ2v) is 7.89. The maximum atomic E-state index is 14.6. The Morgan fingerprint density at radius 3 is 2.55 bits per heavy atom. The molecule has 2 unspecified atom stereocenters. The highest BCUT2D eigenvalue weighted by atomic mass is 32.1. The molecule has 2 amide bonds. The molecule has 12 heteroatoms. The lowest BCUT2D eigenvalue weighted by Gasteiger charge is -2.52. The van der Waals surface area contributed by atoms with Crippen molar-refractivity contribution in [2.45, 2.75) is 25.1 Å². The predicted molar refractivity (Wildman–Crippen MR) is 113 cm³/mol. The lowest BCUT2D eigenvalue weighted by Crippen LogP contribution is -2.66. The molecule has 1 aliphatic carbocycles. The molecule has 2 atom stereocenters. The molecule has 2 aromatic rings.